The molecule has 0 unspecified atom stereocenters. The maximum Gasteiger partial charge on any atom is 0.255 e. The van der Waals surface area contributed by atoms with Crippen LogP contribution in [0, 0.1) is 5.82 Å². The average molecular weight is 434 g/mol. The van der Waals surface area contributed by atoms with Gasteiger partial charge in [0.2, 0.25) is 10.0 Å². The van der Waals surface area contributed by atoms with Gasteiger partial charge in [0.15, 0.2) is 0 Å². The summed E-state index contributed by atoms with van der Waals surface area (Å²) in [5, 5.41) is 13.2. The molecule has 0 aliphatic carbocycles. The molecule has 0 spiro atoms. The van der Waals surface area contributed by atoms with E-state index in [1.807, 2.05) is 0 Å². The summed E-state index contributed by atoms with van der Waals surface area (Å²) in [6, 6.07) is 7.71. The quantitative estimate of drug-likeness (QED) is 0.616. The SMILES string of the molecule is CNC(=O)c1c(-c2ccc(F)cc2)oc2cc(N(CC(C)=O)S(C)(=O)=O)c(O)cc12. The van der Waals surface area contributed by atoms with Crippen molar-refractivity contribution in [3.05, 3.63) is 47.8 Å². The van der Waals surface area contributed by atoms with E-state index in [-0.39, 0.29) is 28.0 Å². The molecule has 0 fully saturated rings. The number of carbonyl (C=O) groups excluding carboxylic acids is 2. The lowest BCUT2D eigenvalue weighted by molar-refractivity contribution is -0.115. The second-order valence-electron chi connectivity index (χ2n) is 6.70. The predicted molar refractivity (Wildman–Crippen MR) is 110 cm³/mol. The van der Waals surface area contributed by atoms with Crippen LogP contribution < -0.4 is 9.62 Å². The van der Waals surface area contributed by atoms with Crippen LogP contribution in [0.15, 0.2) is 40.8 Å². The number of phenolic OH excluding ortho intramolecular Hbond substituents is 1. The molecule has 0 saturated carbocycles. The number of benzene rings is 2. The summed E-state index contributed by atoms with van der Waals surface area (Å²) in [4.78, 5) is 24.1. The Morgan fingerprint density at radius 1 is 1.20 bits per heavy atom. The Morgan fingerprint density at radius 2 is 1.83 bits per heavy atom. The van der Waals surface area contributed by atoms with Gasteiger partial charge in [0.05, 0.1) is 24.1 Å². The lowest BCUT2D eigenvalue weighted by Gasteiger charge is -2.21. The van der Waals surface area contributed by atoms with Gasteiger partial charge in [-0.05, 0) is 37.3 Å². The third-order valence-electron chi connectivity index (χ3n) is 4.38. The highest BCUT2D eigenvalue weighted by molar-refractivity contribution is 7.92. The number of nitrogens with one attached hydrogen (secondary N) is 1. The van der Waals surface area contributed by atoms with Crippen LogP contribution in [-0.4, -0.2) is 45.1 Å². The van der Waals surface area contributed by atoms with E-state index in [0.29, 0.717) is 5.56 Å². The highest BCUT2D eigenvalue weighted by atomic mass is 32.2. The van der Waals surface area contributed by atoms with E-state index in [0.717, 1.165) is 10.6 Å². The molecule has 0 aliphatic heterocycles. The van der Waals surface area contributed by atoms with Crippen molar-refractivity contribution in [2.45, 2.75) is 6.92 Å². The highest BCUT2D eigenvalue weighted by Gasteiger charge is 2.27. The van der Waals surface area contributed by atoms with Crippen LogP contribution in [0.4, 0.5) is 10.1 Å². The molecule has 3 aromatic rings. The van der Waals surface area contributed by atoms with Crippen molar-refractivity contribution in [3.63, 3.8) is 0 Å². The number of sulfonamides is 1. The molecule has 8 nitrogen and oxygen atoms in total. The molecule has 1 heterocycles. The van der Waals surface area contributed by atoms with Gasteiger partial charge in [-0.25, -0.2) is 12.8 Å². The number of amides is 1. The first-order valence-electron chi connectivity index (χ1n) is 8.77. The molecule has 30 heavy (non-hydrogen) atoms. The molecule has 2 aromatic carbocycles. The van der Waals surface area contributed by atoms with Gasteiger partial charge in [0, 0.05) is 24.1 Å². The Kier molecular flexibility index (Phi) is 5.53. The van der Waals surface area contributed by atoms with E-state index in [9.17, 15) is 27.5 Å². The first-order chi connectivity index (χ1) is 14.0. The second kappa shape index (κ2) is 7.79. The molecule has 1 aromatic heterocycles. The van der Waals surface area contributed by atoms with Crippen LogP contribution >= 0.6 is 0 Å². The first-order valence-corrected chi connectivity index (χ1v) is 10.6. The Balaban J connectivity index is 2.30. The molecule has 0 saturated heterocycles. The van der Waals surface area contributed by atoms with Gasteiger partial charge in [-0.3, -0.25) is 13.9 Å². The predicted octanol–water partition coefficient (Wildman–Crippen LogP) is 2.66. The highest BCUT2D eigenvalue weighted by Crippen LogP contribution is 2.40. The van der Waals surface area contributed by atoms with Gasteiger partial charge in [-0.2, -0.15) is 0 Å². The van der Waals surface area contributed by atoms with Crippen molar-refractivity contribution in [2.75, 3.05) is 24.2 Å². The summed E-state index contributed by atoms with van der Waals surface area (Å²) in [5.74, 6) is -1.74. The third-order valence-corrected chi connectivity index (χ3v) is 5.51. The van der Waals surface area contributed by atoms with Gasteiger partial charge in [0.25, 0.3) is 5.91 Å². The maximum atomic E-state index is 13.3. The van der Waals surface area contributed by atoms with E-state index in [1.165, 1.54) is 50.4 Å². The minimum absolute atomic E-state index is 0.0958. The number of furan rings is 1. The Bertz CT molecular complexity index is 1250. The number of ketones is 1. The Hall–Kier alpha value is -3.40. The van der Waals surface area contributed by atoms with Crippen molar-refractivity contribution in [1.29, 1.82) is 0 Å². The van der Waals surface area contributed by atoms with Gasteiger partial charge in [-0.15, -0.1) is 0 Å². The number of rotatable bonds is 6. The monoisotopic (exact) mass is 434 g/mol. The maximum absolute atomic E-state index is 13.3. The summed E-state index contributed by atoms with van der Waals surface area (Å²) in [5.41, 5.74) is 0.454. The molecule has 1 amide bonds. The van der Waals surface area contributed by atoms with Crippen LogP contribution in [0.5, 0.6) is 5.75 Å². The number of halogens is 1. The zero-order valence-electron chi connectivity index (χ0n) is 16.4. The Morgan fingerprint density at radius 3 is 2.37 bits per heavy atom. The van der Waals surface area contributed by atoms with Crippen LogP contribution in [0.1, 0.15) is 17.3 Å². The normalized spacial score (nSPS) is 11.5. The van der Waals surface area contributed by atoms with E-state index in [2.05, 4.69) is 5.32 Å². The molecule has 2 N–H and O–H groups in total. The average Bonchev–Trinajstić information content (AvgIpc) is 3.02. The van der Waals surface area contributed by atoms with Crippen LogP contribution in [-0.2, 0) is 14.8 Å². The molecule has 0 radical (unpaired) electrons. The first kappa shape index (κ1) is 21.3. The Labute approximate surface area is 172 Å². The number of anilines is 1. The molecule has 0 aliphatic rings. The molecule has 158 valence electrons. The number of nitrogens with zero attached hydrogens (tertiary/aromatic N) is 1. The number of hydrogen-bond donors (Lipinski definition) is 2. The largest absolute Gasteiger partial charge is 0.506 e. The molecule has 0 bridgehead atoms. The fourth-order valence-corrected chi connectivity index (χ4v) is 3.98. The van der Waals surface area contributed by atoms with Gasteiger partial charge >= 0.3 is 0 Å². The van der Waals surface area contributed by atoms with E-state index in [1.54, 1.807) is 0 Å². The van der Waals surface area contributed by atoms with E-state index < -0.39 is 39.8 Å². The molecule has 0 atom stereocenters. The van der Waals surface area contributed by atoms with Gasteiger partial charge < -0.3 is 14.8 Å². The zero-order valence-corrected chi connectivity index (χ0v) is 17.2. The van der Waals surface area contributed by atoms with Crippen molar-refractivity contribution in [2.24, 2.45) is 0 Å². The minimum Gasteiger partial charge on any atom is -0.506 e. The van der Waals surface area contributed by atoms with Crippen molar-refractivity contribution in [1.82, 2.24) is 5.32 Å². The van der Waals surface area contributed by atoms with E-state index >= 15 is 0 Å². The summed E-state index contributed by atoms with van der Waals surface area (Å²) >= 11 is 0. The van der Waals surface area contributed by atoms with Gasteiger partial charge in [0.1, 0.15) is 28.7 Å². The standard InChI is InChI=1S/C20H19FN2O6S/c1-11(24)10-23(30(3,27)28)15-9-17-14(8-16(15)25)18(20(26)22-2)19(29-17)12-4-6-13(21)7-5-12/h4-9,25H,10H2,1-3H3,(H,22,26). The summed E-state index contributed by atoms with van der Waals surface area (Å²) in [6.45, 7) is 0.739. The summed E-state index contributed by atoms with van der Waals surface area (Å²) in [6.07, 6.45) is 0.904. The lowest BCUT2D eigenvalue weighted by atomic mass is 10.0. The van der Waals surface area contributed by atoms with Crippen LogP contribution in [0.2, 0.25) is 0 Å². The van der Waals surface area contributed by atoms with Crippen molar-refractivity contribution >= 4 is 38.4 Å². The number of hydrogen-bond acceptors (Lipinski definition) is 6. The number of Topliss-reactive ketones (excluding diaryl/α,β-unsaturated/α-hetero) is 1. The third kappa shape index (κ3) is 3.99. The molecular weight excluding hydrogens is 415 g/mol. The van der Waals surface area contributed by atoms with Crippen LogP contribution in [0.3, 0.4) is 0 Å². The molecule has 3 rings (SSSR count). The minimum atomic E-state index is -3.90. The lowest BCUT2D eigenvalue weighted by Crippen LogP contribution is -2.34. The molecular formula is C20H19FN2O6S. The zero-order chi connectivity index (χ0) is 22.2. The fraction of sp³-hybridized carbons (Fsp3) is 0.200. The number of aromatic hydroxyl groups is 1. The second-order valence-corrected chi connectivity index (χ2v) is 8.61. The fourth-order valence-electron chi connectivity index (χ4n) is 3.06. The number of carbonyl (C=O) groups is 2. The number of fused-ring (bicyclic) bond motifs is 1. The van der Waals surface area contributed by atoms with E-state index in [4.69, 9.17) is 4.42 Å². The van der Waals surface area contributed by atoms with Crippen LogP contribution in [0.25, 0.3) is 22.3 Å². The van der Waals surface area contributed by atoms with Crippen molar-refractivity contribution in [3.8, 4) is 17.1 Å². The topological polar surface area (TPSA) is 117 Å². The molecule has 10 heteroatoms. The van der Waals surface area contributed by atoms with Crippen molar-refractivity contribution < 1.29 is 31.9 Å². The summed E-state index contributed by atoms with van der Waals surface area (Å²) in [7, 11) is -2.48. The number of phenols is 1. The smallest absolute Gasteiger partial charge is 0.255 e. The summed E-state index contributed by atoms with van der Waals surface area (Å²) < 4.78 is 44.2. The van der Waals surface area contributed by atoms with Gasteiger partial charge in [-0.1, -0.05) is 0 Å².